The first-order valence-electron chi connectivity index (χ1n) is 7.16. The lowest BCUT2D eigenvalue weighted by atomic mass is 9.81. The molecule has 0 aliphatic carbocycles. The van der Waals surface area contributed by atoms with Crippen LogP contribution in [0.2, 0.25) is 0 Å². The molecular formula is C17H33N. The Hall–Kier alpha value is -0.560. The summed E-state index contributed by atoms with van der Waals surface area (Å²) in [5.74, 6) is 2.05. The smallest absolute Gasteiger partial charge is 0.0331 e. The van der Waals surface area contributed by atoms with Crippen LogP contribution in [0.4, 0.5) is 0 Å². The fourth-order valence-electron chi connectivity index (χ4n) is 1.84. The number of hydrogen-bond acceptors (Lipinski definition) is 1. The van der Waals surface area contributed by atoms with Crippen LogP contribution in [0, 0.1) is 17.8 Å². The van der Waals surface area contributed by atoms with Crippen molar-refractivity contribution in [2.24, 2.45) is 17.8 Å². The third-order valence-electron chi connectivity index (χ3n) is 4.54. The van der Waals surface area contributed by atoms with Crippen molar-refractivity contribution in [1.82, 2.24) is 4.90 Å². The first-order chi connectivity index (χ1) is 8.13. The Morgan fingerprint density at radius 2 is 1.56 bits per heavy atom. The molecule has 18 heavy (non-hydrogen) atoms. The SMILES string of the molecule is C/C=C(\C=C/C(C)(C)N(C)C)C(C)C(C)C(C)C. The van der Waals surface area contributed by atoms with Crippen molar-refractivity contribution in [1.29, 1.82) is 0 Å². The summed E-state index contributed by atoms with van der Waals surface area (Å²) in [6.07, 6.45) is 6.88. The van der Waals surface area contributed by atoms with Crippen LogP contribution in [0.1, 0.15) is 48.5 Å². The number of allylic oxidation sites excluding steroid dienone is 3. The Bertz CT molecular complexity index is 295. The topological polar surface area (TPSA) is 3.24 Å². The molecule has 0 spiro atoms. The van der Waals surface area contributed by atoms with Crippen LogP contribution < -0.4 is 0 Å². The molecule has 0 heterocycles. The van der Waals surface area contributed by atoms with Gasteiger partial charge >= 0.3 is 0 Å². The highest BCUT2D eigenvalue weighted by Gasteiger charge is 2.20. The maximum absolute atomic E-state index is 2.35. The third-order valence-corrected chi connectivity index (χ3v) is 4.54. The minimum absolute atomic E-state index is 0.106. The van der Waals surface area contributed by atoms with E-state index in [1.54, 1.807) is 0 Å². The van der Waals surface area contributed by atoms with E-state index >= 15 is 0 Å². The first-order valence-corrected chi connectivity index (χ1v) is 7.16. The molecule has 0 radical (unpaired) electrons. The highest BCUT2D eigenvalue weighted by molar-refractivity contribution is 5.24. The van der Waals surface area contributed by atoms with E-state index in [1.165, 1.54) is 5.57 Å². The molecule has 0 aromatic carbocycles. The van der Waals surface area contributed by atoms with Gasteiger partial charge in [-0.3, -0.25) is 0 Å². The van der Waals surface area contributed by atoms with Gasteiger partial charge in [-0.15, -0.1) is 0 Å². The van der Waals surface area contributed by atoms with E-state index in [-0.39, 0.29) is 5.54 Å². The molecule has 0 aromatic heterocycles. The largest absolute Gasteiger partial charge is 0.301 e. The minimum Gasteiger partial charge on any atom is -0.301 e. The molecule has 2 unspecified atom stereocenters. The quantitative estimate of drug-likeness (QED) is 0.615. The Labute approximate surface area is 115 Å². The summed E-state index contributed by atoms with van der Waals surface area (Å²) in [5.41, 5.74) is 1.56. The fraction of sp³-hybridized carbons (Fsp3) is 0.765. The van der Waals surface area contributed by atoms with Gasteiger partial charge in [0.1, 0.15) is 0 Å². The Morgan fingerprint density at radius 3 is 1.89 bits per heavy atom. The zero-order valence-corrected chi connectivity index (χ0v) is 13.9. The second-order valence-electron chi connectivity index (χ2n) is 6.56. The lowest BCUT2D eigenvalue weighted by Crippen LogP contribution is -2.35. The molecule has 0 saturated carbocycles. The van der Waals surface area contributed by atoms with Gasteiger partial charge in [-0.1, -0.05) is 45.9 Å². The van der Waals surface area contributed by atoms with Crippen molar-refractivity contribution in [2.45, 2.75) is 54.0 Å². The molecule has 106 valence electrons. The monoisotopic (exact) mass is 251 g/mol. The average molecular weight is 251 g/mol. The van der Waals surface area contributed by atoms with Crippen molar-refractivity contribution in [3.63, 3.8) is 0 Å². The highest BCUT2D eigenvalue weighted by Crippen LogP contribution is 2.28. The maximum Gasteiger partial charge on any atom is 0.0331 e. The van der Waals surface area contributed by atoms with Gasteiger partial charge in [0.2, 0.25) is 0 Å². The van der Waals surface area contributed by atoms with Crippen LogP contribution in [0.5, 0.6) is 0 Å². The van der Waals surface area contributed by atoms with E-state index in [9.17, 15) is 0 Å². The van der Waals surface area contributed by atoms with E-state index in [4.69, 9.17) is 0 Å². The summed E-state index contributed by atoms with van der Waals surface area (Å²) in [6, 6.07) is 0. The van der Waals surface area contributed by atoms with E-state index in [1.807, 2.05) is 0 Å². The lowest BCUT2D eigenvalue weighted by molar-refractivity contribution is 0.252. The van der Waals surface area contributed by atoms with E-state index in [0.29, 0.717) is 11.8 Å². The van der Waals surface area contributed by atoms with Crippen LogP contribution >= 0.6 is 0 Å². The van der Waals surface area contributed by atoms with Crippen molar-refractivity contribution >= 4 is 0 Å². The normalized spacial score (nSPS) is 17.8. The predicted molar refractivity (Wildman–Crippen MR) is 83.8 cm³/mol. The molecule has 0 fully saturated rings. The molecule has 0 bridgehead atoms. The summed E-state index contributed by atoms with van der Waals surface area (Å²) >= 11 is 0. The van der Waals surface area contributed by atoms with Gasteiger partial charge < -0.3 is 4.90 Å². The van der Waals surface area contributed by atoms with Gasteiger partial charge in [0.15, 0.2) is 0 Å². The zero-order chi connectivity index (χ0) is 14.5. The number of nitrogens with zero attached hydrogens (tertiary/aromatic N) is 1. The van der Waals surface area contributed by atoms with Gasteiger partial charge in [0, 0.05) is 5.54 Å². The molecule has 1 heteroatoms. The second kappa shape index (κ2) is 7.13. The summed E-state index contributed by atoms with van der Waals surface area (Å²) in [5, 5.41) is 0. The van der Waals surface area contributed by atoms with Gasteiger partial charge in [0.25, 0.3) is 0 Å². The molecule has 0 saturated heterocycles. The molecule has 2 atom stereocenters. The number of hydrogen-bond donors (Lipinski definition) is 0. The fourth-order valence-corrected chi connectivity index (χ4v) is 1.84. The van der Waals surface area contributed by atoms with Gasteiger partial charge in [0.05, 0.1) is 0 Å². The minimum atomic E-state index is 0.106. The molecular weight excluding hydrogens is 218 g/mol. The lowest BCUT2D eigenvalue weighted by Gasteiger charge is -2.30. The third kappa shape index (κ3) is 4.97. The Morgan fingerprint density at radius 1 is 1.06 bits per heavy atom. The molecule has 1 nitrogen and oxygen atoms in total. The second-order valence-corrected chi connectivity index (χ2v) is 6.56. The van der Waals surface area contributed by atoms with E-state index in [0.717, 1.165) is 5.92 Å². The molecule has 0 aromatic rings. The van der Waals surface area contributed by atoms with Crippen molar-refractivity contribution in [3.05, 3.63) is 23.8 Å². The average Bonchev–Trinajstić information content (AvgIpc) is 2.27. The standard InChI is InChI=1S/C17H33N/c1-10-16(15(5)14(4)13(2)3)11-12-17(6,7)18(8)9/h10-15H,1-9H3/b12-11-,16-10+. The van der Waals surface area contributed by atoms with Crippen LogP contribution in [0.3, 0.4) is 0 Å². The molecule has 0 amide bonds. The number of likely N-dealkylation sites (N-methyl/N-ethyl adjacent to an activating group) is 1. The molecule has 0 rings (SSSR count). The van der Waals surface area contributed by atoms with Crippen LogP contribution in [-0.2, 0) is 0 Å². The van der Waals surface area contributed by atoms with Crippen LogP contribution in [0.25, 0.3) is 0 Å². The summed E-state index contributed by atoms with van der Waals surface area (Å²) in [7, 11) is 4.25. The summed E-state index contributed by atoms with van der Waals surface area (Å²) in [6.45, 7) is 15.9. The van der Waals surface area contributed by atoms with Gasteiger partial charge in [-0.25, -0.2) is 0 Å². The predicted octanol–water partition coefficient (Wildman–Crippen LogP) is 4.76. The highest BCUT2D eigenvalue weighted by atomic mass is 15.1. The summed E-state index contributed by atoms with van der Waals surface area (Å²) < 4.78 is 0. The maximum atomic E-state index is 2.35. The van der Waals surface area contributed by atoms with Crippen LogP contribution in [-0.4, -0.2) is 24.5 Å². The first kappa shape index (κ1) is 17.4. The van der Waals surface area contributed by atoms with Crippen molar-refractivity contribution < 1.29 is 0 Å². The van der Waals surface area contributed by atoms with Gasteiger partial charge in [-0.2, -0.15) is 0 Å². The summed E-state index contributed by atoms with van der Waals surface area (Å²) in [4.78, 5) is 2.24. The molecule has 0 N–H and O–H groups in total. The zero-order valence-electron chi connectivity index (χ0n) is 13.9. The van der Waals surface area contributed by atoms with Gasteiger partial charge in [-0.05, 0) is 58.2 Å². The van der Waals surface area contributed by atoms with E-state index in [2.05, 4.69) is 85.7 Å². The molecule has 0 aliphatic heterocycles. The Kier molecular flexibility index (Phi) is 6.91. The number of rotatable bonds is 6. The van der Waals surface area contributed by atoms with Crippen molar-refractivity contribution in [2.75, 3.05) is 14.1 Å². The van der Waals surface area contributed by atoms with E-state index < -0.39 is 0 Å². The Balaban J connectivity index is 4.89. The molecule has 0 aliphatic rings. The van der Waals surface area contributed by atoms with Crippen LogP contribution in [0.15, 0.2) is 23.8 Å². The van der Waals surface area contributed by atoms with Crippen molar-refractivity contribution in [3.8, 4) is 0 Å².